The van der Waals surface area contributed by atoms with Crippen LogP contribution in [-0.2, 0) is 13.6 Å². The second kappa shape index (κ2) is 7.30. The van der Waals surface area contributed by atoms with Crippen LogP contribution in [0.25, 0.3) is 17.4 Å². The number of hydrogen-bond acceptors (Lipinski definition) is 6. The number of aromatic nitrogens is 5. The molecule has 0 aliphatic heterocycles. The van der Waals surface area contributed by atoms with Gasteiger partial charge in [0.25, 0.3) is 5.89 Å². The molecule has 0 saturated carbocycles. The highest BCUT2D eigenvalue weighted by Crippen LogP contribution is 2.21. The zero-order valence-corrected chi connectivity index (χ0v) is 15.6. The van der Waals surface area contributed by atoms with Gasteiger partial charge in [-0.15, -0.1) is 5.10 Å². The molecule has 0 radical (unpaired) electrons. The van der Waals surface area contributed by atoms with E-state index >= 15 is 0 Å². The normalized spacial score (nSPS) is 11.0. The minimum atomic E-state index is -0.615. The van der Waals surface area contributed by atoms with E-state index in [4.69, 9.17) is 4.42 Å². The van der Waals surface area contributed by atoms with Crippen LogP contribution < -0.4 is 11.1 Å². The Labute approximate surface area is 163 Å². The second-order valence-corrected chi connectivity index (χ2v) is 6.34. The van der Waals surface area contributed by atoms with Crippen molar-refractivity contribution in [1.29, 1.82) is 0 Å². The molecule has 0 bridgehead atoms. The molecular formula is C19H16F2N6O2. The molecule has 10 heteroatoms. The molecule has 0 spiro atoms. The summed E-state index contributed by atoms with van der Waals surface area (Å²) in [5.74, 6) is -1.23. The SMILES string of the molecule is Cc1cc(-c2nn(C)c(=O)o2)n(-c2ccc(NCc3c(F)cccc3F)cn2)n1. The molecule has 0 aliphatic carbocycles. The Morgan fingerprint density at radius 2 is 1.90 bits per heavy atom. The van der Waals surface area contributed by atoms with Gasteiger partial charge in [0.2, 0.25) is 0 Å². The Kier molecular flexibility index (Phi) is 4.67. The third-order valence-electron chi connectivity index (χ3n) is 4.24. The van der Waals surface area contributed by atoms with Gasteiger partial charge in [0.1, 0.15) is 17.3 Å². The van der Waals surface area contributed by atoms with Gasteiger partial charge in [-0.05, 0) is 37.3 Å². The molecule has 29 heavy (non-hydrogen) atoms. The molecule has 3 aromatic heterocycles. The zero-order chi connectivity index (χ0) is 20.5. The van der Waals surface area contributed by atoms with Crippen LogP contribution in [0.2, 0.25) is 0 Å². The van der Waals surface area contributed by atoms with E-state index in [0.29, 0.717) is 22.9 Å². The van der Waals surface area contributed by atoms with E-state index in [1.807, 2.05) is 0 Å². The first-order valence-electron chi connectivity index (χ1n) is 8.67. The molecule has 0 aliphatic rings. The van der Waals surface area contributed by atoms with Crippen LogP contribution in [0, 0.1) is 18.6 Å². The number of halogens is 2. The van der Waals surface area contributed by atoms with Gasteiger partial charge in [-0.25, -0.2) is 23.2 Å². The molecule has 1 aromatic carbocycles. The highest BCUT2D eigenvalue weighted by Gasteiger charge is 2.17. The Bertz CT molecular complexity index is 1210. The van der Waals surface area contributed by atoms with Crippen molar-refractivity contribution in [2.75, 3.05) is 5.32 Å². The number of rotatable bonds is 5. The van der Waals surface area contributed by atoms with Crippen LogP contribution in [0.5, 0.6) is 0 Å². The van der Waals surface area contributed by atoms with Crippen molar-refractivity contribution in [3.05, 3.63) is 76.0 Å². The topological polar surface area (TPSA) is 90.8 Å². The third-order valence-corrected chi connectivity index (χ3v) is 4.24. The van der Waals surface area contributed by atoms with Gasteiger partial charge in [0, 0.05) is 19.2 Å². The standard InChI is InChI=1S/C19H16F2N6O2/c1-11-8-16(18-25-26(2)19(28)29-18)27(24-11)17-7-6-12(9-23-17)22-10-13-14(20)4-3-5-15(13)21/h3-9,22H,10H2,1-2H3. The van der Waals surface area contributed by atoms with Gasteiger partial charge in [-0.1, -0.05) is 6.07 Å². The van der Waals surface area contributed by atoms with Gasteiger partial charge in [0.15, 0.2) is 5.82 Å². The monoisotopic (exact) mass is 398 g/mol. The van der Waals surface area contributed by atoms with E-state index in [2.05, 4.69) is 20.5 Å². The largest absolute Gasteiger partial charge is 0.437 e. The van der Waals surface area contributed by atoms with E-state index in [1.54, 1.807) is 25.1 Å². The molecular weight excluding hydrogens is 382 g/mol. The highest BCUT2D eigenvalue weighted by molar-refractivity contribution is 5.52. The van der Waals surface area contributed by atoms with Crippen molar-refractivity contribution in [2.24, 2.45) is 7.05 Å². The number of pyridine rings is 1. The molecule has 0 fully saturated rings. The summed E-state index contributed by atoms with van der Waals surface area (Å²) in [6, 6.07) is 8.84. The summed E-state index contributed by atoms with van der Waals surface area (Å²) in [6.07, 6.45) is 1.52. The van der Waals surface area contributed by atoms with Crippen molar-refractivity contribution in [2.45, 2.75) is 13.5 Å². The van der Waals surface area contributed by atoms with Crippen molar-refractivity contribution in [3.63, 3.8) is 0 Å². The first-order chi connectivity index (χ1) is 13.9. The maximum Gasteiger partial charge on any atom is 0.437 e. The Morgan fingerprint density at radius 1 is 1.14 bits per heavy atom. The predicted molar refractivity (Wildman–Crippen MR) is 101 cm³/mol. The zero-order valence-electron chi connectivity index (χ0n) is 15.6. The Hall–Kier alpha value is -3.82. The Morgan fingerprint density at radius 3 is 2.52 bits per heavy atom. The molecule has 8 nitrogen and oxygen atoms in total. The molecule has 0 amide bonds. The Balaban J connectivity index is 1.58. The van der Waals surface area contributed by atoms with Crippen LogP contribution in [0.15, 0.2) is 51.8 Å². The number of hydrogen-bond donors (Lipinski definition) is 1. The second-order valence-electron chi connectivity index (χ2n) is 6.34. The quantitative estimate of drug-likeness (QED) is 0.556. The van der Waals surface area contributed by atoms with Gasteiger partial charge < -0.3 is 9.73 Å². The van der Waals surface area contributed by atoms with E-state index in [9.17, 15) is 13.6 Å². The summed E-state index contributed by atoms with van der Waals surface area (Å²) in [6.45, 7) is 1.77. The van der Waals surface area contributed by atoms with Crippen LogP contribution in [0.3, 0.4) is 0 Å². The number of nitrogens with one attached hydrogen (secondary N) is 1. The summed E-state index contributed by atoms with van der Waals surface area (Å²) in [5.41, 5.74) is 1.69. The van der Waals surface area contributed by atoms with Crippen molar-refractivity contribution in [1.82, 2.24) is 24.5 Å². The molecule has 4 rings (SSSR count). The van der Waals surface area contributed by atoms with Gasteiger partial charge in [-0.2, -0.15) is 9.78 Å². The van der Waals surface area contributed by atoms with E-state index in [1.165, 1.54) is 36.1 Å². The van der Waals surface area contributed by atoms with Gasteiger partial charge in [0.05, 0.1) is 17.6 Å². The number of nitrogens with zero attached hydrogens (tertiary/aromatic N) is 5. The van der Waals surface area contributed by atoms with Gasteiger partial charge >= 0.3 is 5.76 Å². The lowest BCUT2D eigenvalue weighted by molar-refractivity contribution is 0.502. The average Bonchev–Trinajstić information content (AvgIpc) is 3.24. The smallest absolute Gasteiger partial charge is 0.386 e. The molecule has 0 unspecified atom stereocenters. The van der Waals surface area contributed by atoms with E-state index in [0.717, 1.165) is 4.68 Å². The summed E-state index contributed by atoms with van der Waals surface area (Å²) in [7, 11) is 1.49. The molecule has 0 saturated heterocycles. The summed E-state index contributed by atoms with van der Waals surface area (Å²) in [4.78, 5) is 15.9. The van der Waals surface area contributed by atoms with Gasteiger partial charge in [-0.3, -0.25) is 0 Å². The van der Waals surface area contributed by atoms with Crippen molar-refractivity contribution < 1.29 is 13.2 Å². The molecule has 148 valence electrons. The molecule has 4 aromatic rings. The van der Waals surface area contributed by atoms with Crippen LogP contribution in [0.4, 0.5) is 14.5 Å². The number of benzene rings is 1. The minimum Gasteiger partial charge on any atom is -0.386 e. The number of anilines is 1. The summed E-state index contributed by atoms with van der Waals surface area (Å²) < 4.78 is 35.2. The fourth-order valence-corrected chi connectivity index (χ4v) is 2.78. The summed E-state index contributed by atoms with van der Waals surface area (Å²) >= 11 is 0. The molecule has 1 N–H and O–H groups in total. The van der Waals surface area contributed by atoms with Crippen molar-refractivity contribution in [3.8, 4) is 17.4 Å². The van der Waals surface area contributed by atoms with E-state index in [-0.39, 0.29) is 18.0 Å². The summed E-state index contributed by atoms with van der Waals surface area (Å²) in [5, 5.41) is 11.3. The fraction of sp³-hybridized carbons (Fsp3) is 0.158. The fourth-order valence-electron chi connectivity index (χ4n) is 2.78. The van der Waals surface area contributed by atoms with Crippen molar-refractivity contribution >= 4 is 5.69 Å². The lowest BCUT2D eigenvalue weighted by atomic mass is 10.2. The first-order valence-corrected chi connectivity index (χ1v) is 8.67. The maximum absolute atomic E-state index is 13.7. The minimum absolute atomic E-state index is 0.0231. The lowest BCUT2D eigenvalue weighted by Crippen LogP contribution is -2.09. The third kappa shape index (κ3) is 3.64. The molecule has 3 heterocycles. The average molecular weight is 398 g/mol. The number of aryl methyl sites for hydroxylation is 2. The predicted octanol–water partition coefficient (Wildman–Crippen LogP) is 2.82. The van der Waals surface area contributed by atoms with E-state index < -0.39 is 17.4 Å². The first kappa shape index (κ1) is 18.5. The van der Waals surface area contributed by atoms with Crippen LogP contribution >= 0.6 is 0 Å². The van der Waals surface area contributed by atoms with Crippen LogP contribution in [0.1, 0.15) is 11.3 Å². The van der Waals surface area contributed by atoms with Crippen LogP contribution in [-0.4, -0.2) is 24.5 Å². The highest BCUT2D eigenvalue weighted by atomic mass is 19.1. The lowest BCUT2D eigenvalue weighted by Gasteiger charge is -2.09. The maximum atomic E-state index is 13.7. The molecule has 0 atom stereocenters.